The maximum atomic E-state index is 14.9. The summed E-state index contributed by atoms with van der Waals surface area (Å²) in [5, 5.41) is 5.66. The number of carbonyl (C=O) groups is 1. The third-order valence-electron chi connectivity index (χ3n) is 5.83. The van der Waals surface area contributed by atoms with Crippen LogP contribution in [0.3, 0.4) is 0 Å². The Morgan fingerprint density at radius 1 is 0.974 bits per heavy atom. The van der Waals surface area contributed by atoms with Gasteiger partial charge >= 0.3 is 0 Å². The average Bonchev–Trinajstić information content (AvgIpc) is 3.22. The Morgan fingerprint density at radius 2 is 1.79 bits per heavy atom. The maximum Gasteiger partial charge on any atom is 0.269 e. The second-order valence-corrected chi connectivity index (χ2v) is 8.24. The standard InChI is InChI=1S/C27H22F2N6O3/c1-30-26(36)22-13-18(8-9-31-22)38-17-5-6-23-20(12-17)33-27(35(23)2)34-21-11-16(10-19(28)25(21)37-3)15-4-7-24(29)32-14-15/h4-14H,1-3H3,(H,30,36)(H,33,34). The molecule has 2 aromatic carbocycles. The van der Waals surface area contributed by atoms with Gasteiger partial charge in [-0.15, -0.1) is 0 Å². The predicted molar refractivity (Wildman–Crippen MR) is 138 cm³/mol. The molecule has 0 aliphatic carbocycles. The van der Waals surface area contributed by atoms with Crippen molar-refractivity contribution < 1.29 is 23.0 Å². The maximum absolute atomic E-state index is 14.9. The third kappa shape index (κ3) is 4.81. The summed E-state index contributed by atoms with van der Waals surface area (Å²) in [5.41, 5.74) is 3.00. The van der Waals surface area contributed by atoms with E-state index in [-0.39, 0.29) is 17.4 Å². The second kappa shape index (κ2) is 10.1. The van der Waals surface area contributed by atoms with E-state index in [0.717, 1.165) is 5.52 Å². The first-order chi connectivity index (χ1) is 18.4. The van der Waals surface area contributed by atoms with Crippen LogP contribution in [0.15, 0.2) is 67.0 Å². The van der Waals surface area contributed by atoms with E-state index in [2.05, 4.69) is 25.6 Å². The molecular formula is C27H22F2N6O3. The Labute approximate surface area is 216 Å². The molecule has 5 aromatic rings. The van der Waals surface area contributed by atoms with Gasteiger partial charge in [0.25, 0.3) is 5.91 Å². The number of methoxy groups -OCH3 is 1. The van der Waals surface area contributed by atoms with Crippen LogP contribution in [-0.2, 0) is 7.05 Å². The lowest BCUT2D eigenvalue weighted by atomic mass is 10.1. The van der Waals surface area contributed by atoms with Crippen LogP contribution in [0, 0.1) is 11.8 Å². The third-order valence-corrected chi connectivity index (χ3v) is 5.83. The van der Waals surface area contributed by atoms with Crippen molar-refractivity contribution in [1.82, 2.24) is 24.8 Å². The minimum absolute atomic E-state index is 0.00417. The molecule has 0 aliphatic rings. The van der Waals surface area contributed by atoms with Crippen LogP contribution in [0.1, 0.15) is 10.5 Å². The number of hydrogen-bond acceptors (Lipinski definition) is 7. The first kappa shape index (κ1) is 24.6. The first-order valence-corrected chi connectivity index (χ1v) is 11.4. The zero-order valence-corrected chi connectivity index (χ0v) is 20.6. The number of halogens is 2. The zero-order chi connectivity index (χ0) is 26.8. The number of ether oxygens (including phenoxy) is 2. The van der Waals surface area contributed by atoms with Crippen molar-refractivity contribution in [3.05, 3.63) is 84.4 Å². The normalized spacial score (nSPS) is 10.9. The lowest BCUT2D eigenvalue weighted by Crippen LogP contribution is -2.18. The van der Waals surface area contributed by atoms with Gasteiger partial charge in [0.1, 0.15) is 17.2 Å². The highest BCUT2D eigenvalue weighted by Gasteiger charge is 2.17. The quantitative estimate of drug-likeness (QED) is 0.286. The van der Waals surface area contributed by atoms with Gasteiger partial charge in [-0.25, -0.2) is 14.4 Å². The molecule has 5 rings (SSSR count). The fraction of sp³-hybridized carbons (Fsp3) is 0.111. The molecule has 9 nitrogen and oxygen atoms in total. The van der Waals surface area contributed by atoms with E-state index in [0.29, 0.717) is 39.8 Å². The van der Waals surface area contributed by atoms with E-state index >= 15 is 0 Å². The topological polar surface area (TPSA) is 103 Å². The second-order valence-electron chi connectivity index (χ2n) is 8.24. The van der Waals surface area contributed by atoms with Gasteiger partial charge in [-0.2, -0.15) is 4.39 Å². The summed E-state index contributed by atoms with van der Waals surface area (Å²) in [6, 6.07) is 14.2. The molecule has 0 aliphatic heterocycles. The van der Waals surface area contributed by atoms with E-state index in [1.54, 1.807) is 34.9 Å². The Balaban J connectivity index is 1.46. The summed E-state index contributed by atoms with van der Waals surface area (Å²) >= 11 is 0. The van der Waals surface area contributed by atoms with Gasteiger partial charge in [0.05, 0.1) is 23.8 Å². The number of imidazole rings is 1. The molecule has 0 fully saturated rings. The van der Waals surface area contributed by atoms with Gasteiger partial charge in [-0.1, -0.05) is 0 Å². The highest BCUT2D eigenvalue weighted by atomic mass is 19.1. The molecule has 3 heterocycles. The van der Waals surface area contributed by atoms with Gasteiger partial charge in [-0.3, -0.25) is 9.78 Å². The lowest BCUT2D eigenvalue weighted by molar-refractivity contribution is 0.0958. The van der Waals surface area contributed by atoms with E-state index in [9.17, 15) is 13.6 Å². The lowest BCUT2D eigenvalue weighted by Gasteiger charge is -2.14. The Bertz CT molecular complexity index is 1650. The monoisotopic (exact) mass is 516 g/mol. The van der Waals surface area contributed by atoms with Crippen LogP contribution in [-0.4, -0.2) is 39.6 Å². The smallest absolute Gasteiger partial charge is 0.269 e. The van der Waals surface area contributed by atoms with Gasteiger partial charge < -0.3 is 24.7 Å². The Hall–Kier alpha value is -5.06. The number of nitrogens with zero attached hydrogens (tertiary/aromatic N) is 4. The van der Waals surface area contributed by atoms with Crippen molar-refractivity contribution >= 4 is 28.6 Å². The summed E-state index contributed by atoms with van der Waals surface area (Å²) in [7, 11) is 4.71. The van der Waals surface area contributed by atoms with Crippen LogP contribution in [0.4, 0.5) is 20.4 Å². The highest BCUT2D eigenvalue weighted by Crippen LogP contribution is 2.36. The number of aryl methyl sites for hydroxylation is 1. The van der Waals surface area contributed by atoms with Crippen LogP contribution < -0.4 is 20.1 Å². The van der Waals surface area contributed by atoms with Crippen molar-refractivity contribution in [2.24, 2.45) is 7.05 Å². The number of nitrogens with one attached hydrogen (secondary N) is 2. The molecule has 3 aromatic heterocycles. The van der Waals surface area contributed by atoms with Gasteiger partial charge in [0.2, 0.25) is 11.9 Å². The molecule has 38 heavy (non-hydrogen) atoms. The Morgan fingerprint density at radius 3 is 2.53 bits per heavy atom. The molecule has 0 atom stereocenters. The molecule has 192 valence electrons. The molecular weight excluding hydrogens is 494 g/mol. The minimum atomic E-state index is -0.625. The molecule has 0 bridgehead atoms. The van der Waals surface area contributed by atoms with Crippen molar-refractivity contribution in [1.29, 1.82) is 0 Å². The number of amides is 1. The van der Waals surface area contributed by atoms with Gasteiger partial charge in [-0.05, 0) is 48.0 Å². The molecule has 0 unspecified atom stereocenters. The van der Waals surface area contributed by atoms with E-state index in [1.165, 1.54) is 44.8 Å². The van der Waals surface area contributed by atoms with Crippen LogP contribution in [0.5, 0.6) is 17.2 Å². The summed E-state index contributed by atoms with van der Waals surface area (Å²) < 4.78 is 41.2. The molecule has 0 spiro atoms. The average molecular weight is 517 g/mol. The number of hydrogen-bond donors (Lipinski definition) is 2. The number of benzene rings is 2. The van der Waals surface area contributed by atoms with Gasteiger partial charge in [0.15, 0.2) is 11.6 Å². The summed E-state index contributed by atoms with van der Waals surface area (Å²) in [5.74, 6) is -0.164. The van der Waals surface area contributed by atoms with Crippen molar-refractivity contribution in [3.8, 4) is 28.4 Å². The number of fused-ring (bicyclic) bond motifs is 1. The largest absolute Gasteiger partial charge is 0.492 e. The molecule has 1 amide bonds. The van der Waals surface area contributed by atoms with E-state index in [1.807, 2.05) is 13.1 Å². The fourth-order valence-electron chi connectivity index (χ4n) is 3.95. The van der Waals surface area contributed by atoms with Crippen LogP contribution >= 0.6 is 0 Å². The van der Waals surface area contributed by atoms with Crippen molar-refractivity contribution in [2.75, 3.05) is 19.5 Å². The highest BCUT2D eigenvalue weighted by molar-refractivity contribution is 5.92. The zero-order valence-electron chi connectivity index (χ0n) is 20.6. The van der Waals surface area contributed by atoms with Gasteiger partial charge in [0, 0.05) is 44.2 Å². The number of carbonyl (C=O) groups excluding carboxylic acids is 1. The summed E-state index contributed by atoms with van der Waals surface area (Å²) in [6.45, 7) is 0. The number of anilines is 2. The van der Waals surface area contributed by atoms with Crippen LogP contribution in [0.25, 0.3) is 22.2 Å². The Kier molecular flexibility index (Phi) is 6.56. The number of rotatable bonds is 7. The van der Waals surface area contributed by atoms with Crippen molar-refractivity contribution in [3.63, 3.8) is 0 Å². The summed E-state index contributed by atoms with van der Waals surface area (Å²) in [4.78, 5) is 24.2. The molecule has 11 heteroatoms. The summed E-state index contributed by atoms with van der Waals surface area (Å²) in [6.07, 6.45) is 2.82. The first-order valence-electron chi connectivity index (χ1n) is 11.4. The van der Waals surface area contributed by atoms with Crippen molar-refractivity contribution in [2.45, 2.75) is 0 Å². The number of aromatic nitrogens is 4. The van der Waals surface area contributed by atoms with Crippen LogP contribution in [0.2, 0.25) is 0 Å². The molecule has 0 radical (unpaired) electrons. The van der Waals surface area contributed by atoms with E-state index in [4.69, 9.17) is 9.47 Å². The number of pyridine rings is 2. The minimum Gasteiger partial charge on any atom is -0.492 e. The SMILES string of the molecule is CNC(=O)c1cc(Oc2ccc3c(c2)nc(Nc2cc(-c4ccc(F)nc4)cc(F)c2OC)n3C)ccn1. The molecule has 0 saturated heterocycles. The van der Waals surface area contributed by atoms with E-state index < -0.39 is 11.8 Å². The molecule has 2 N–H and O–H groups in total. The predicted octanol–water partition coefficient (Wildman–Crippen LogP) is 5.21. The molecule has 0 saturated carbocycles. The fourth-order valence-corrected chi connectivity index (χ4v) is 3.95.